The van der Waals surface area contributed by atoms with Crippen molar-refractivity contribution in [2.75, 3.05) is 71.6 Å². The van der Waals surface area contributed by atoms with Crippen molar-refractivity contribution in [1.82, 2.24) is 10.2 Å². The van der Waals surface area contributed by atoms with Crippen molar-refractivity contribution in [1.29, 1.82) is 0 Å². The molecular formula is C19H32N4O3. The smallest absolute Gasteiger partial charge is 0.193 e. The Morgan fingerprint density at radius 3 is 2.58 bits per heavy atom. The van der Waals surface area contributed by atoms with Gasteiger partial charge in [0.2, 0.25) is 0 Å². The molecule has 2 rings (SSSR count). The number of hydrogen-bond donors (Lipinski definition) is 2. The fourth-order valence-electron chi connectivity index (χ4n) is 3.00. The van der Waals surface area contributed by atoms with Crippen LogP contribution < -0.4 is 10.2 Å². The van der Waals surface area contributed by atoms with Gasteiger partial charge in [0.1, 0.15) is 5.75 Å². The minimum atomic E-state index is 0.344. The maximum absolute atomic E-state index is 10.0. The number of nitrogens with zero attached hydrogens (tertiary/aromatic N) is 3. The van der Waals surface area contributed by atoms with E-state index >= 15 is 0 Å². The van der Waals surface area contributed by atoms with E-state index in [1.165, 1.54) is 0 Å². The zero-order valence-corrected chi connectivity index (χ0v) is 16.0. The maximum atomic E-state index is 10.0. The number of benzene rings is 1. The van der Waals surface area contributed by atoms with Gasteiger partial charge < -0.3 is 29.7 Å². The van der Waals surface area contributed by atoms with Crippen LogP contribution in [0.2, 0.25) is 0 Å². The Hall–Kier alpha value is -1.99. The molecule has 1 fully saturated rings. The Morgan fingerprint density at radius 1 is 1.12 bits per heavy atom. The predicted molar refractivity (Wildman–Crippen MR) is 105 cm³/mol. The van der Waals surface area contributed by atoms with Gasteiger partial charge >= 0.3 is 0 Å². The van der Waals surface area contributed by atoms with Gasteiger partial charge in [0, 0.05) is 53.5 Å². The van der Waals surface area contributed by atoms with Crippen molar-refractivity contribution >= 4 is 11.6 Å². The van der Waals surface area contributed by atoms with Crippen LogP contribution in [0.1, 0.15) is 12.8 Å². The topological polar surface area (TPSA) is 69.6 Å². The summed E-state index contributed by atoms with van der Waals surface area (Å²) in [5.74, 6) is 1.29. The van der Waals surface area contributed by atoms with E-state index in [2.05, 4.69) is 20.1 Å². The second-order valence-corrected chi connectivity index (χ2v) is 6.25. The molecule has 0 saturated carbocycles. The summed E-state index contributed by atoms with van der Waals surface area (Å²) in [6.07, 6.45) is 2.07. The van der Waals surface area contributed by atoms with E-state index in [0.29, 0.717) is 19.0 Å². The van der Waals surface area contributed by atoms with E-state index in [4.69, 9.17) is 9.47 Å². The lowest BCUT2D eigenvalue weighted by atomic mass is 10.2. The number of ether oxygens (including phenoxy) is 2. The molecule has 0 amide bonds. The Morgan fingerprint density at radius 2 is 1.88 bits per heavy atom. The number of aliphatic imine (C=N–C) groups is 1. The monoisotopic (exact) mass is 364 g/mol. The number of phenols is 1. The first kappa shape index (κ1) is 20.3. The summed E-state index contributed by atoms with van der Waals surface area (Å²) < 4.78 is 10.4. The average Bonchev–Trinajstić information content (AvgIpc) is 2.68. The van der Waals surface area contributed by atoms with E-state index in [9.17, 15) is 5.11 Å². The molecule has 0 spiro atoms. The number of hydrogen-bond acceptors (Lipinski definition) is 5. The highest BCUT2D eigenvalue weighted by molar-refractivity contribution is 5.80. The van der Waals surface area contributed by atoms with Crippen LogP contribution in [0.25, 0.3) is 0 Å². The van der Waals surface area contributed by atoms with Crippen LogP contribution in [0.3, 0.4) is 0 Å². The fourth-order valence-corrected chi connectivity index (χ4v) is 3.00. The summed E-state index contributed by atoms with van der Waals surface area (Å²) in [7, 11) is 3.51. The van der Waals surface area contributed by atoms with Crippen molar-refractivity contribution in [3.05, 3.63) is 24.3 Å². The standard InChI is InChI=1S/C19H32N4O3/c1-20-19(21-9-5-6-14-26-16-15-25-2)23-12-10-22(11-13-23)17-7-3-4-8-18(17)24/h3-4,7-8,24H,5-6,9-16H2,1-2H3,(H,20,21). The molecule has 26 heavy (non-hydrogen) atoms. The van der Waals surface area contributed by atoms with E-state index < -0.39 is 0 Å². The molecule has 1 heterocycles. The normalized spacial score (nSPS) is 15.4. The van der Waals surface area contributed by atoms with Gasteiger partial charge in [0.05, 0.1) is 18.9 Å². The lowest BCUT2D eigenvalue weighted by Gasteiger charge is -2.37. The molecule has 1 aromatic rings. The minimum absolute atomic E-state index is 0.344. The summed E-state index contributed by atoms with van der Waals surface area (Å²) in [5.41, 5.74) is 0.906. The molecule has 1 saturated heterocycles. The zero-order valence-electron chi connectivity index (χ0n) is 16.0. The number of rotatable bonds is 9. The van der Waals surface area contributed by atoms with Crippen LogP contribution >= 0.6 is 0 Å². The van der Waals surface area contributed by atoms with Crippen LogP contribution in [-0.4, -0.2) is 82.7 Å². The molecule has 1 aliphatic rings. The molecule has 7 heteroatoms. The molecule has 0 bridgehead atoms. The first-order valence-electron chi connectivity index (χ1n) is 9.31. The van der Waals surface area contributed by atoms with Gasteiger partial charge in [-0.1, -0.05) is 12.1 Å². The summed E-state index contributed by atoms with van der Waals surface area (Å²) in [4.78, 5) is 8.89. The van der Waals surface area contributed by atoms with Crippen LogP contribution in [0, 0.1) is 0 Å². The maximum Gasteiger partial charge on any atom is 0.193 e. The van der Waals surface area contributed by atoms with E-state index in [0.717, 1.165) is 63.8 Å². The molecule has 0 unspecified atom stereocenters. The van der Waals surface area contributed by atoms with Crippen LogP contribution in [0.4, 0.5) is 5.69 Å². The highest BCUT2D eigenvalue weighted by Gasteiger charge is 2.21. The van der Waals surface area contributed by atoms with E-state index in [1.807, 2.05) is 25.2 Å². The Kier molecular flexibility index (Phi) is 9.06. The number of nitrogens with one attached hydrogen (secondary N) is 1. The summed E-state index contributed by atoms with van der Waals surface area (Å²) in [5, 5.41) is 13.4. The number of methoxy groups -OCH3 is 1. The number of piperazine rings is 1. The van der Waals surface area contributed by atoms with Gasteiger partial charge in [0.15, 0.2) is 5.96 Å². The number of phenolic OH excluding ortho intramolecular Hbond substituents is 1. The SMILES string of the molecule is CN=C(NCCCCOCCOC)N1CCN(c2ccccc2O)CC1. The Balaban J connectivity index is 1.66. The molecule has 1 aliphatic heterocycles. The molecular weight excluding hydrogens is 332 g/mol. The summed E-state index contributed by atoms with van der Waals surface area (Å²) in [6, 6.07) is 7.51. The predicted octanol–water partition coefficient (Wildman–Crippen LogP) is 1.53. The first-order chi connectivity index (χ1) is 12.8. The lowest BCUT2D eigenvalue weighted by molar-refractivity contribution is 0.0689. The molecule has 0 aromatic heterocycles. The van der Waals surface area contributed by atoms with Crippen molar-refractivity contribution < 1.29 is 14.6 Å². The van der Waals surface area contributed by atoms with Crippen molar-refractivity contribution in [3.63, 3.8) is 0 Å². The number of aromatic hydroxyl groups is 1. The van der Waals surface area contributed by atoms with Gasteiger partial charge in [-0.2, -0.15) is 0 Å². The lowest BCUT2D eigenvalue weighted by Crippen LogP contribution is -2.52. The average molecular weight is 364 g/mol. The summed E-state index contributed by atoms with van der Waals surface area (Å²) >= 11 is 0. The molecule has 0 atom stereocenters. The zero-order chi connectivity index (χ0) is 18.6. The number of unbranched alkanes of at least 4 members (excludes halogenated alkanes) is 1. The third-order valence-corrected chi connectivity index (χ3v) is 4.44. The van der Waals surface area contributed by atoms with Gasteiger partial charge in [-0.15, -0.1) is 0 Å². The second-order valence-electron chi connectivity index (χ2n) is 6.25. The molecule has 2 N–H and O–H groups in total. The van der Waals surface area contributed by atoms with Gasteiger partial charge in [0.25, 0.3) is 0 Å². The van der Waals surface area contributed by atoms with Gasteiger partial charge in [-0.25, -0.2) is 0 Å². The Bertz CT molecular complexity index is 545. The molecule has 0 radical (unpaired) electrons. The van der Waals surface area contributed by atoms with Gasteiger partial charge in [-0.05, 0) is 25.0 Å². The van der Waals surface area contributed by atoms with Crippen LogP contribution in [0.15, 0.2) is 29.3 Å². The highest BCUT2D eigenvalue weighted by Crippen LogP contribution is 2.27. The molecule has 0 aliphatic carbocycles. The van der Waals surface area contributed by atoms with Crippen molar-refractivity contribution in [3.8, 4) is 5.75 Å². The molecule has 7 nitrogen and oxygen atoms in total. The number of anilines is 1. The minimum Gasteiger partial charge on any atom is -0.506 e. The van der Waals surface area contributed by atoms with Gasteiger partial charge in [-0.3, -0.25) is 4.99 Å². The first-order valence-corrected chi connectivity index (χ1v) is 9.31. The highest BCUT2D eigenvalue weighted by atomic mass is 16.5. The van der Waals surface area contributed by atoms with Crippen molar-refractivity contribution in [2.45, 2.75) is 12.8 Å². The van der Waals surface area contributed by atoms with Crippen LogP contribution in [0.5, 0.6) is 5.75 Å². The van der Waals surface area contributed by atoms with Crippen LogP contribution in [-0.2, 0) is 9.47 Å². The van der Waals surface area contributed by atoms with Crippen molar-refractivity contribution in [2.24, 2.45) is 4.99 Å². The molecule has 1 aromatic carbocycles. The fraction of sp³-hybridized carbons (Fsp3) is 0.632. The van der Waals surface area contributed by atoms with E-state index in [1.54, 1.807) is 13.2 Å². The third kappa shape index (κ3) is 6.38. The quantitative estimate of drug-likeness (QED) is 0.393. The number of para-hydroxylation sites is 2. The number of guanidine groups is 1. The Labute approximate surface area is 156 Å². The second kappa shape index (κ2) is 11.6. The largest absolute Gasteiger partial charge is 0.506 e. The third-order valence-electron chi connectivity index (χ3n) is 4.44. The van der Waals surface area contributed by atoms with E-state index in [-0.39, 0.29) is 0 Å². The molecule has 146 valence electrons. The summed E-state index contributed by atoms with van der Waals surface area (Å²) in [6.45, 7) is 6.47.